The predicted molar refractivity (Wildman–Crippen MR) is 97.1 cm³/mol. The first-order chi connectivity index (χ1) is 12.4. The Kier molecular flexibility index (Phi) is 3.54. The highest BCUT2D eigenvalue weighted by molar-refractivity contribution is 6.11. The van der Waals surface area contributed by atoms with Gasteiger partial charge in [-0.05, 0) is 32.0 Å². The number of ether oxygens (including phenoxy) is 1. The third-order valence-electron chi connectivity index (χ3n) is 4.75. The maximum absolute atomic E-state index is 13.1. The third-order valence-corrected chi connectivity index (χ3v) is 4.75. The number of hydrogen-bond acceptors (Lipinski definition) is 5. The summed E-state index contributed by atoms with van der Waals surface area (Å²) in [6.45, 7) is 3.94. The van der Waals surface area contributed by atoms with Crippen molar-refractivity contribution >= 4 is 11.6 Å². The van der Waals surface area contributed by atoms with Gasteiger partial charge in [0.15, 0.2) is 0 Å². The van der Waals surface area contributed by atoms with Crippen LogP contribution in [0.25, 0.3) is 11.3 Å². The minimum atomic E-state index is -0.617. The monoisotopic (exact) mass is 349 g/mol. The first-order valence-corrected chi connectivity index (χ1v) is 8.27. The van der Waals surface area contributed by atoms with Gasteiger partial charge in [0.2, 0.25) is 5.88 Å². The first-order valence-electron chi connectivity index (χ1n) is 8.27. The van der Waals surface area contributed by atoms with Gasteiger partial charge in [0.05, 0.1) is 41.5 Å². The van der Waals surface area contributed by atoms with Gasteiger partial charge in [0, 0.05) is 31.1 Å². The van der Waals surface area contributed by atoms with E-state index in [4.69, 9.17) is 4.74 Å². The second-order valence-electron chi connectivity index (χ2n) is 6.72. The molecule has 0 unspecified atom stereocenters. The number of methoxy groups -OCH3 is 1. The molecule has 4 rings (SSSR count). The fraction of sp³-hybridized carbons (Fsp3) is 0.263. The van der Waals surface area contributed by atoms with E-state index in [1.165, 1.54) is 0 Å². The van der Waals surface area contributed by atoms with Crippen molar-refractivity contribution in [3.8, 4) is 17.1 Å². The van der Waals surface area contributed by atoms with Crippen LogP contribution in [-0.4, -0.2) is 32.8 Å². The smallest absolute Gasteiger partial charge is 0.261 e. The van der Waals surface area contributed by atoms with E-state index >= 15 is 0 Å². The Hall–Kier alpha value is -3.22. The topological polar surface area (TPSA) is 73.1 Å². The number of nitrogens with zero attached hydrogens (tertiary/aromatic N) is 5. The molecule has 0 saturated heterocycles. The standard InChI is InChI=1S/C19H19N5O2/c1-19(2)17-14(5-6-16(22-17)26-4)18(25)24(19)13-9-12(10-20-11-13)15-7-8-21-23(15)3/h5-11H,1-4H3. The van der Waals surface area contributed by atoms with Gasteiger partial charge in [-0.3, -0.25) is 19.4 Å². The highest BCUT2D eigenvalue weighted by Crippen LogP contribution is 2.42. The lowest BCUT2D eigenvalue weighted by Gasteiger charge is -2.31. The number of hydrogen-bond donors (Lipinski definition) is 0. The third kappa shape index (κ3) is 2.28. The van der Waals surface area contributed by atoms with Crippen LogP contribution in [0.1, 0.15) is 29.9 Å². The Morgan fingerprint density at radius 3 is 2.65 bits per heavy atom. The lowest BCUT2D eigenvalue weighted by Crippen LogP contribution is -2.39. The highest BCUT2D eigenvalue weighted by Gasteiger charge is 2.45. The molecule has 7 heteroatoms. The van der Waals surface area contributed by atoms with E-state index in [0.29, 0.717) is 17.1 Å². The van der Waals surface area contributed by atoms with Gasteiger partial charge in [0.25, 0.3) is 5.91 Å². The summed E-state index contributed by atoms with van der Waals surface area (Å²) >= 11 is 0. The van der Waals surface area contributed by atoms with Gasteiger partial charge < -0.3 is 4.74 Å². The number of fused-ring (bicyclic) bond motifs is 1. The van der Waals surface area contributed by atoms with E-state index in [-0.39, 0.29) is 5.91 Å². The summed E-state index contributed by atoms with van der Waals surface area (Å²) in [4.78, 5) is 23.7. The van der Waals surface area contributed by atoms with E-state index in [2.05, 4.69) is 15.1 Å². The van der Waals surface area contributed by atoms with Crippen LogP contribution in [0.5, 0.6) is 5.88 Å². The number of anilines is 1. The molecule has 0 aromatic carbocycles. The molecule has 1 aliphatic rings. The summed E-state index contributed by atoms with van der Waals surface area (Å²) in [7, 11) is 3.44. The molecule has 3 aromatic rings. The first kappa shape index (κ1) is 16.3. The largest absolute Gasteiger partial charge is 0.481 e. The second kappa shape index (κ2) is 5.66. The Morgan fingerprint density at radius 1 is 1.15 bits per heavy atom. The molecule has 0 radical (unpaired) electrons. The molecule has 132 valence electrons. The zero-order chi connectivity index (χ0) is 18.5. The van der Waals surface area contributed by atoms with Crippen molar-refractivity contribution in [3.05, 3.63) is 54.1 Å². The zero-order valence-corrected chi connectivity index (χ0v) is 15.1. The predicted octanol–water partition coefficient (Wildman–Crippen LogP) is 2.78. The lowest BCUT2D eigenvalue weighted by molar-refractivity contribution is 0.0982. The number of aryl methyl sites for hydroxylation is 1. The molecule has 0 atom stereocenters. The summed E-state index contributed by atoms with van der Waals surface area (Å²) in [6, 6.07) is 7.34. The average Bonchev–Trinajstić information content (AvgIpc) is 3.14. The van der Waals surface area contributed by atoms with Gasteiger partial charge in [-0.1, -0.05) is 0 Å². The van der Waals surface area contributed by atoms with Crippen molar-refractivity contribution in [2.45, 2.75) is 19.4 Å². The molecular formula is C19H19N5O2. The molecule has 1 amide bonds. The number of aromatic nitrogens is 4. The molecular weight excluding hydrogens is 330 g/mol. The number of rotatable bonds is 3. The maximum Gasteiger partial charge on any atom is 0.261 e. The molecule has 7 nitrogen and oxygen atoms in total. The molecule has 1 aliphatic heterocycles. The van der Waals surface area contributed by atoms with Gasteiger partial charge in [-0.2, -0.15) is 5.10 Å². The Bertz CT molecular complexity index is 1010. The zero-order valence-electron chi connectivity index (χ0n) is 15.1. The van der Waals surface area contributed by atoms with Crippen molar-refractivity contribution in [3.63, 3.8) is 0 Å². The molecule has 0 fully saturated rings. The minimum Gasteiger partial charge on any atom is -0.481 e. The Morgan fingerprint density at radius 2 is 1.96 bits per heavy atom. The van der Waals surface area contributed by atoms with E-state index in [1.54, 1.807) is 47.4 Å². The minimum absolute atomic E-state index is 0.0934. The molecule has 0 aliphatic carbocycles. The molecule has 0 spiro atoms. The van der Waals surface area contributed by atoms with Crippen LogP contribution < -0.4 is 9.64 Å². The summed E-state index contributed by atoms with van der Waals surface area (Å²) in [5, 5.41) is 4.20. The summed E-state index contributed by atoms with van der Waals surface area (Å²) < 4.78 is 7.00. The lowest BCUT2D eigenvalue weighted by atomic mass is 9.99. The summed E-state index contributed by atoms with van der Waals surface area (Å²) in [5.74, 6) is 0.400. The van der Waals surface area contributed by atoms with Crippen molar-refractivity contribution in [2.24, 2.45) is 7.05 Å². The van der Waals surface area contributed by atoms with E-state index < -0.39 is 5.54 Å². The van der Waals surface area contributed by atoms with Crippen LogP contribution in [0, 0.1) is 0 Å². The Balaban J connectivity index is 1.82. The van der Waals surface area contributed by atoms with E-state index in [0.717, 1.165) is 16.9 Å². The van der Waals surface area contributed by atoms with Crippen LogP contribution in [-0.2, 0) is 12.6 Å². The SMILES string of the molecule is COc1ccc2c(n1)C(C)(C)N(c1cncc(-c3ccnn3C)c1)C2=O. The van der Waals surface area contributed by atoms with Gasteiger partial charge in [-0.25, -0.2) is 4.98 Å². The summed E-state index contributed by atoms with van der Waals surface area (Å²) in [6.07, 6.45) is 5.20. The normalized spacial score (nSPS) is 15.2. The van der Waals surface area contributed by atoms with Gasteiger partial charge in [0.1, 0.15) is 0 Å². The quantitative estimate of drug-likeness (QED) is 0.727. The fourth-order valence-corrected chi connectivity index (χ4v) is 3.46. The van der Waals surface area contributed by atoms with Crippen LogP contribution in [0.15, 0.2) is 42.9 Å². The van der Waals surface area contributed by atoms with Crippen LogP contribution in [0.3, 0.4) is 0 Å². The second-order valence-corrected chi connectivity index (χ2v) is 6.72. The Labute approximate surface area is 151 Å². The number of pyridine rings is 2. The molecule has 3 aromatic heterocycles. The van der Waals surface area contributed by atoms with Crippen molar-refractivity contribution < 1.29 is 9.53 Å². The van der Waals surface area contributed by atoms with Crippen LogP contribution in [0.4, 0.5) is 5.69 Å². The molecule has 0 N–H and O–H groups in total. The van der Waals surface area contributed by atoms with Crippen molar-refractivity contribution in [1.82, 2.24) is 19.7 Å². The fourth-order valence-electron chi connectivity index (χ4n) is 3.46. The van der Waals surface area contributed by atoms with E-state index in [1.807, 2.05) is 33.0 Å². The van der Waals surface area contributed by atoms with Crippen LogP contribution >= 0.6 is 0 Å². The van der Waals surface area contributed by atoms with Crippen molar-refractivity contribution in [2.75, 3.05) is 12.0 Å². The van der Waals surface area contributed by atoms with Crippen LogP contribution in [0.2, 0.25) is 0 Å². The van der Waals surface area contributed by atoms with Gasteiger partial charge in [-0.15, -0.1) is 0 Å². The van der Waals surface area contributed by atoms with Gasteiger partial charge >= 0.3 is 0 Å². The molecule has 0 saturated carbocycles. The average molecular weight is 349 g/mol. The number of carbonyl (C=O) groups excluding carboxylic acids is 1. The van der Waals surface area contributed by atoms with E-state index in [9.17, 15) is 4.79 Å². The molecule has 26 heavy (non-hydrogen) atoms. The van der Waals surface area contributed by atoms with Crippen molar-refractivity contribution in [1.29, 1.82) is 0 Å². The highest BCUT2D eigenvalue weighted by atomic mass is 16.5. The summed E-state index contributed by atoms with van der Waals surface area (Å²) in [5.41, 5.74) is 3.21. The number of amides is 1. The molecule has 0 bridgehead atoms. The number of carbonyl (C=O) groups is 1. The maximum atomic E-state index is 13.1. The molecule has 4 heterocycles.